The van der Waals surface area contributed by atoms with Gasteiger partial charge in [-0.3, -0.25) is 0 Å². The molecule has 0 aliphatic carbocycles. The van der Waals surface area contributed by atoms with E-state index in [0.717, 1.165) is 40.5 Å². The van der Waals surface area contributed by atoms with E-state index in [1.54, 1.807) is 0 Å². The SMILES string of the molecule is CC(O)C1CCN(C(=O)Nc2ccc3c(c2)oc2ccccc23)CC1. The first-order valence-electron chi connectivity index (χ1n) is 8.77. The second-order valence-corrected chi connectivity index (χ2v) is 6.80. The number of rotatable bonds is 2. The van der Waals surface area contributed by atoms with Crippen LogP contribution in [0.2, 0.25) is 0 Å². The van der Waals surface area contributed by atoms with Crippen molar-refractivity contribution < 1.29 is 14.3 Å². The van der Waals surface area contributed by atoms with Crippen LogP contribution in [-0.4, -0.2) is 35.2 Å². The van der Waals surface area contributed by atoms with Gasteiger partial charge in [0.2, 0.25) is 0 Å². The Kier molecular flexibility index (Phi) is 4.09. The molecule has 0 saturated carbocycles. The van der Waals surface area contributed by atoms with Gasteiger partial charge in [-0.05, 0) is 43.9 Å². The fourth-order valence-electron chi connectivity index (χ4n) is 3.59. The van der Waals surface area contributed by atoms with Gasteiger partial charge in [0, 0.05) is 35.6 Å². The third-order valence-corrected chi connectivity index (χ3v) is 5.14. The molecule has 25 heavy (non-hydrogen) atoms. The summed E-state index contributed by atoms with van der Waals surface area (Å²) in [4.78, 5) is 14.3. The standard InChI is InChI=1S/C20H22N2O3/c1-13(23)14-8-10-22(11-9-14)20(24)21-15-6-7-17-16-4-2-3-5-18(16)25-19(17)12-15/h2-7,12-14,23H,8-11H2,1H3,(H,21,24). The molecule has 1 aliphatic rings. The number of hydrogen-bond acceptors (Lipinski definition) is 3. The molecule has 5 nitrogen and oxygen atoms in total. The van der Waals surface area contributed by atoms with Crippen molar-refractivity contribution >= 4 is 33.7 Å². The molecule has 0 spiro atoms. The Labute approximate surface area is 146 Å². The number of anilines is 1. The third-order valence-electron chi connectivity index (χ3n) is 5.14. The summed E-state index contributed by atoms with van der Waals surface area (Å²) in [5, 5.41) is 14.8. The number of aliphatic hydroxyl groups excluding tert-OH is 1. The number of furan rings is 1. The minimum atomic E-state index is -0.305. The zero-order valence-electron chi connectivity index (χ0n) is 14.2. The normalized spacial score (nSPS) is 17.1. The van der Waals surface area contributed by atoms with Crippen molar-refractivity contribution in [3.05, 3.63) is 42.5 Å². The lowest BCUT2D eigenvalue weighted by molar-refractivity contribution is 0.0820. The summed E-state index contributed by atoms with van der Waals surface area (Å²) in [6.07, 6.45) is 1.38. The smallest absolute Gasteiger partial charge is 0.321 e. The van der Waals surface area contributed by atoms with Crippen LogP contribution in [0.3, 0.4) is 0 Å². The fraction of sp³-hybridized carbons (Fsp3) is 0.350. The second kappa shape index (κ2) is 6.41. The van der Waals surface area contributed by atoms with Gasteiger partial charge in [-0.1, -0.05) is 18.2 Å². The Hall–Kier alpha value is -2.53. The monoisotopic (exact) mass is 338 g/mol. The van der Waals surface area contributed by atoms with Gasteiger partial charge in [-0.25, -0.2) is 4.79 Å². The highest BCUT2D eigenvalue weighted by Gasteiger charge is 2.25. The van der Waals surface area contributed by atoms with Crippen LogP contribution in [0.1, 0.15) is 19.8 Å². The molecule has 1 fully saturated rings. The van der Waals surface area contributed by atoms with Gasteiger partial charge in [0.25, 0.3) is 0 Å². The molecule has 2 amide bonds. The van der Waals surface area contributed by atoms with Gasteiger partial charge in [0.05, 0.1) is 6.10 Å². The number of carbonyl (C=O) groups excluding carboxylic acids is 1. The molecule has 4 rings (SSSR count). The molecule has 3 aromatic rings. The first-order valence-corrected chi connectivity index (χ1v) is 8.77. The summed E-state index contributed by atoms with van der Waals surface area (Å²) in [6.45, 7) is 3.17. The first kappa shape index (κ1) is 16.0. The summed E-state index contributed by atoms with van der Waals surface area (Å²) in [5.74, 6) is 0.288. The van der Waals surface area contributed by atoms with Crippen LogP contribution in [0.4, 0.5) is 10.5 Å². The zero-order valence-corrected chi connectivity index (χ0v) is 14.2. The van der Waals surface area contributed by atoms with Gasteiger partial charge in [0.15, 0.2) is 0 Å². The van der Waals surface area contributed by atoms with E-state index in [-0.39, 0.29) is 18.1 Å². The molecule has 0 radical (unpaired) electrons. The molecular formula is C20H22N2O3. The van der Waals surface area contributed by atoms with Crippen LogP contribution >= 0.6 is 0 Å². The quantitative estimate of drug-likeness (QED) is 0.735. The molecular weight excluding hydrogens is 316 g/mol. The van der Waals surface area contributed by atoms with E-state index >= 15 is 0 Å². The maximum atomic E-state index is 12.5. The van der Waals surface area contributed by atoms with E-state index in [1.165, 1.54) is 0 Å². The topological polar surface area (TPSA) is 65.7 Å². The van der Waals surface area contributed by atoms with Crippen LogP contribution < -0.4 is 5.32 Å². The van der Waals surface area contributed by atoms with E-state index in [0.29, 0.717) is 13.1 Å². The fourth-order valence-corrected chi connectivity index (χ4v) is 3.59. The third kappa shape index (κ3) is 3.07. The first-order chi connectivity index (χ1) is 12.1. The molecule has 130 valence electrons. The van der Waals surface area contributed by atoms with Crippen LogP contribution in [0.15, 0.2) is 46.9 Å². The van der Waals surface area contributed by atoms with Gasteiger partial charge in [0.1, 0.15) is 11.2 Å². The Morgan fingerprint density at radius 1 is 1.16 bits per heavy atom. The molecule has 2 heterocycles. The van der Waals surface area contributed by atoms with Crippen LogP contribution in [0, 0.1) is 5.92 Å². The van der Waals surface area contributed by atoms with Crippen molar-refractivity contribution in [2.75, 3.05) is 18.4 Å². The van der Waals surface area contributed by atoms with E-state index < -0.39 is 0 Å². The number of fused-ring (bicyclic) bond motifs is 3. The summed E-state index contributed by atoms with van der Waals surface area (Å²) >= 11 is 0. The molecule has 5 heteroatoms. The molecule has 1 aromatic heterocycles. The van der Waals surface area contributed by atoms with Crippen LogP contribution in [0.25, 0.3) is 21.9 Å². The average molecular weight is 338 g/mol. The Morgan fingerprint density at radius 3 is 2.64 bits per heavy atom. The van der Waals surface area contributed by atoms with Gasteiger partial charge in [-0.2, -0.15) is 0 Å². The highest BCUT2D eigenvalue weighted by molar-refractivity contribution is 6.06. The van der Waals surface area contributed by atoms with Gasteiger partial charge >= 0.3 is 6.03 Å². The minimum Gasteiger partial charge on any atom is -0.456 e. The number of para-hydroxylation sites is 1. The number of urea groups is 1. The average Bonchev–Trinajstić information content (AvgIpc) is 2.99. The summed E-state index contributed by atoms with van der Waals surface area (Å²) in [7, 11) is 0. The number of nitrogens with zero attached hydrogens (tertiary/aromatic N) is 1. The number of amides is 2. The maximum Gasteiger partial charge on any atom is 0.321 e. The maximum absolute atomic E-state index is 12.5. The number of aliphatic hydroxyl groups is 1. The molecule has 1 saturated heterocycles. The van der Waals surface area contributed by atoms with Gasteiger partial charge < -0.3 is 19.7 Å². The minimum absolute atomic E-state index is 0.0977. The Balaban J connectivity index is 1.49. The predicted molar refractivity (Wildman–Crippen MR) is 98.7 cm³/mol. The summed E-state index contributed by atoms with van der Waals surface area (Å²) in [5.41, 5.74) is 2.35. The highest BCUT2D eigenvalue weighted by atomic mass is 16.3. The number of hydrogen-bond donors (Lipinski definition) is 2. The molecule has 1 aliphatic heterocycles. The highest BCUT2D eigenvalue weighted by Crippen LogP contribution is 2.30. The molecule has 2 aromatic carbocycles. The number of nitrogens with one attached hydrogen (secondary N) is 1. The number of likely N-dealkylation sites (tertiary alicyclic amines) is 1. The second-order valence-electron chi connectivity index (χ2n) is 6.80. The molecule has 1 atom stereocenters. The largest absolute Gasteiger partial charge is 0.456 e. The summed E-state index contributed by atoms with van der Waals surface area (Å²) in [6, 6.07) is 13.6. The van der Waals surface area contributed by atoms with Crippen molar-refractivity contribution in [2.45, 2.75) is 25.9 Å². The number of piperidine rings is 1. The van der Waals surface area contributed by atoms with E-state index in [1.807, 2.05) is 54.3 Å². The van der Waals surface area contributed by atoms with Crippen molar-refractivity contribution in [1.82, 2.24) is 4.90 Å². The van der Waals surface area contributed by atoms with Gasteiger partial charge in [-0.15, -0.1) is 0 Å². The van der Waals surface area contributed by atoms with E-state index in [4.69, 9.17) is 4.42 Å². The molecule has 1 unspecified atom stereocenters. The van der Waals surface area contributed by atoms with Crippen molar-refractivity contribution in [3.8, 4) is 0 Å². The van der Waals surface area contributed by atoms with Crippen molar-refractivity contribution in [3.63, 3.8) is 0 Å². The molecule has 0 bridgehead atoms. The van der Waals surface area contributed by atoms with E-state index in [2.05, 4.69) is 5.32 Å². The van der Waals surface area contributed by atoms with Crippen molar-refractivity contribution in [1.29, 1.82) is 0 Å². The number of carbonyl (C=O) groups is 1. The van der Waals surface area contributed by atoms with Crippen LogP contribution in [0.5, 0.6) is 0 Å². The Morgan fingerprint density at radius 2 is 1.88 bits per heavy atom. The number of benzene rings is 2. The molecule has 2 N–H and O–H groups in total. The van der Waals surface area contributed by atoms with Crippen molar-refractivity contribution in [2.24, 2.45) is 5.92 Å². The van der Waals surface area contributed by atoms with Crippen LogP contribution in [-0.2, 0) is 0 Å². The lowest BCUT2D eigenvalue weighted by Gasteiger charge is -2.33. The Bertz CT molecular complexity index is 908. The predicted octanol–water partition coefficient (Wildman–Crippen LogP) is 4.21. The lowest BCUT2D eigenvalue weighted by Crippen LogP contribution is -2.42. The summed E-state index contributed by atoms with van der Waals surface area (Å²) < 4.78 is 5.87. The zero-order chi connectivity index (χ0) is 17.4. The lowest BCUT2D eigenvalue weighted by atomic mass is 9.92. The van der Waals surface area contributed by atoms with E-state index in [9.17, 15) is 9.90 Å².